The largest absolute Gasteiger partial charge is 0.494 e. The van der Waals surface area contributed by atoms with Crippen LogP contribution in [-0.2, 0) is 10.4 Å². The van der Waals surface area contributed by atoms with E-state index in [0.29, 0.717) is 50.3 Å². The average molecular weight is 601 g/mol. The maximum atomic E-state index is 12.3. The van der Waals surface area contributed by atoms with Gasteiger partial charge in [0.25, 0.3) is 0 Å². The summed E-state index contributed by atoms with van der Waals surface area (Å²) >= 11 is 12.5. The van der Waals surface area contributed by atoms with Crippen LogP contribution in [0.3, 0.4) is 0 Å². The number of rotatable bonds is 11. The molecular formula is C29H35Cl2N7O3. The molecule has 1 unspecified atom stereocenters. The Bertz CT molecular complexity index is 1440. The molecule has 1 aliphatic rings. The molecule has 1 amide bonds. The van der Waals surface area contributed by atoms with Gasteiger partial charge in [0.2, 0.25) is 11.9 Å². The Kier molecular flexibility index (Phi) is 9.28. The predicted octanol–water partition coefficient (Wildman–Crippen LogP) is 5.77. The molecule has 0 radical (unpaired) electrons. The fourth-order valence-electron chi connectivity index (χ4n) is 4.63. The number of amides is 1. The lowest BCUT2D eigenvalue weighted by molar-refractivity contribution is -0.111. The van der Waals surface area contributed by atoms with Crippen molar-refractivity contribution in [1.29, 1.82) is 0 Å². The van der Waals surface area contributed by atoms with E-state index in [1.165, 1.54) is 6.08 Å². The van der Waals surface area contributed by atoms with Gasteiger partial charge in [-0.2, -0.15) is 4.98 Å². The van der Waals surface area contributed by atoms with Crippen molar-refractivity contribution >= 4 is 63.6 Å². The van der Waals surface area contributed by atoms with Crippen LogP contribution in [0.25, 0.3) is 0 Å². The number of aliphatic hydroxyl groups is 1. The van der Waals surface area contributed by atoms with Gasteiger partial charge in [0.05, 0.1) is 39.8 Å². The zero-order valence-electron chi connectivity index (χ0n) is 23.8. The maximum Gasteiger partial charge on any atom is 0.247 e. The summed E-state index contributed by atoms with van der Waals surface area (Å²) in [5.74, 6) is 0.970. The first-order valence-electron chi connectivity index (χ1n) is 13.1. The van der Waals surface area contributed by atoms with Gasteiger partial charge >= 0.3 is 0 Å². The molecule has 2 heterocycles. The monoisotopic (exact) mass is 599 g/mol. The van der Waals surface area contributed by atoms with Gasteiger partial charge in [-0.15, -0.1) is 0 Å². The number of nitrogens with zero attached hydrogens (tertiary/aromatic N) is 4. The van der Waals surface area contributed by atoms with Crippen LogP contribution in [0.1, 0.15) is 25.8 Å². The summed E-state index contributed by atoms with van der Waals surface area (Å²) in [5.41, 5.74) is 1.95. The van der Waals surface area contributed by atoms with Crippen LogP contribution in [0.5, 0.6) is 5.75 Å². The van der Waals surface area contributed by atoms with Crippen molar-refractivity contribution < 1.29 is 14.6 Å². The van der Waals surface area contributed by atoms with Crippen molar-refractivity contribution in [3.8, 4) is 5.75 Å². The molecule has 10 nitrogen and oxygen atoms in total. The van der Waals surface area contributed by atoms with E-state index in [-0.39, 0.29) is 11.9 Å². The molecule has 0 aliphatic carbocycles. The van der Waals surface area contributed by atoms with E-state index in [4.69, 9.17) is 27.9 Å². The van der Waals surface area contributed by atoms with Crippen LogP contribution in [0.4, 0.5) is 34.5 Å². The van der Waals surface area contributed by atoms with E-state index in [1.54, 1.807) is 51.4 Å². The van der Waals surface area contributed by atoms with Crippen molar-refractivity contribution in [1.82, 2.24) is 14.9 Å². The molecule has 3 aromatic rings. The summed E-state index contributed by atoms with van der Waals surface area (Å²) in [5, 5.41) is 20.7. The second-order valence-electron chi connectivity index (χ2n) is 10.5. The molecule has 2 aromatic carbocycles. The summed E-state index contributed by atoms with van der Waals surface area (Å²) < 4.78 is 5.72. The maximum absolute atomic E-state index is 12.3. The summed E-state index contributed by atoms with van der Waals surface area (Å²) in [6, 6.07) is 8.97. The molecule has 0 saturated carbocycles. The Morgan fingerprint density at radius 3 is 2.54 bits per heavy atom. The second kappa shape index (κ2) is 12.5. The number of ether oxygens (including phenoxy) is 1. The summed E-state index contributed by atoms with van der Waals surface area (Å²) in [6.45, 7) is 8.66. The number of likely N-dealkylation sites (N-methyl/N-ethyl adjacent to an activating group) is 1. The number of hydrogen-bond acceptors (Lipinski definition) is 9. The third-order valence-electron chi connectivity index (χ3n) is 6.67. The number of carbonyl (C=O) groups excluding carboxylic acids is 1. The average Bonchev–Trinajstić information content (AvgIpc) is 2.89. The summed E-state index contributed by atoms with van der Waals surface area (Å²) in [4.78, 5) is 25.7. The normalized spacial score (nSPS) is 14.9. The van der Waals surface area contributed by atoms with Crippen molar-refractivity contribution in [2.45, 2.75) is 31.9 Å². The number of methoxy groups -OCH3 is 1. The van der Waals surface area contributed by atoms with E-state index in [1.807, 2.05) is 20.2 Å². The number of anilines is 6. The molecule has 1 aliphatic heterocycles. The number of nitrogens with one attached hydrogen (secondary N) is 3. The predicted molar refractivity (Wildman–Crippen MR) is 166 cm³/mol. The van der Waals surface area contributed by atoms with Crippen molar-refractivity contribution in [3.63, 3.8) is 0 Å². The van der Waals surface area contributed by atoms with Gasteiger partial charge < -0.3 is 35.6 Å². The molecule has 1 fully saturated rings. The molecule has 41 heavy (non-hydrogen) atoms. The van der Waals surface area contributed by atoms with E-state index >= 15 is 0 Å². The number of halogens is 2. The zero-order valence-corrected chi connectivity index (χ0v) is 25.3. The minimum atomic E-state index is -1.19. The minimum absolute atomic E-state index is 0.279. The van der Waals surface area contributed by atoms with Crippen LogP contribution >= 0.6 is 23.2 Å². The second-order valence-corrected chi connectivity index (χ2v) is 11.4. The van der Waals surface area contributed by atoms with Gasteiger partial charge in [0.1, 0.15) is 11.6 Å². The van der Waals surface area contributed by atoms with Gasteiger partial charge in [-0.25, -0.2) is 4.98 Å². The Morgan fingerprint density at radius 1 is 1.20 bits per heavy atom. The fourth-order valence-corrected chi connectivity index (χ4v) is 4.96. The van der Waals surface area contributed by atoms with Crippen molar-refractivity contribution in [2.24, 2.45) is 0 Å². The van der Waals surface area contributed by atoms with Gasteiger partial charge in [0, 0.05) is 42.6 Å². The van der Waals surface area contributed by atoms with E-state index in [9.17, 15) is 9.90 Å². The standard InChI is InChI=1S/C29H35Cl2N7O3/c1-7-27(39)34-22-14-23(25(41-6)15-24(22)38-11-9-17(38)16-37(4)5)35-28-32-10-8-26(36-28)33-21-13-20(31)19(30)12-18(21)29(2,3)40/h7-8,10,12-15,17,40H,1,9,11,16H2,2-6H3,(H,34,39)(H2,32,33,35,36). The zero-order chi connectivity index (χ0) is 29.9. The van der Waals surface area contributed by atoms with Gasteiger partial charge in [-0.1, -0.05) is 29.8 Å². The summed E-state index contributed by atoms with van der Waals surface area (Å²) in [7, 11) is 5.67. The lowest BCUT2D eigenvalue weighted by Gasteiger charge is -2.45. The lowest BCUT2D eigenvalue weighted by Crippen LogP contribution is -2.53. The highest BCUT2D eigenvalue weighted by Crippen LogP contribution is 2.42. The van der Waals surface area contributed by atoms with Gasteiger partial charge in [0.15, 0.2) is 0 Å². The highest BCUT2D eigenvalue weighted by molar-refractivity contribution is 6.42. The smallest absolute Gasteiger partial charge is 0.247 e. The first-order chi connectivity index (χ1) is 19.4. The Balaban J connectivity index is 1.66. The number of carbonyl (C=O) groups is 1. The Labute approximate surface area is 250 Å². The third kappa shape index (κ3) is 7.20. The van der Waals surface area contributed by atoms with Crippen molar-refractivity contribution in [3.05, 3.63) is 64.8 Å². The molecule has 0 spiro atoms. The molecule has 4 rings (SSSR count). The Morgan fingerprint density at radius 2 is 1.93 bits per heavy atom. The highest BCUT2D eigenvalue weighted by Gasteiger charge is 2.31. The molecule has 12 heteroatoms. The third-order valence-corrected chi connectivity index (χ3v) is 7.40. The van der Waals surface area contributed by atoms with Gasteiger partial charge in [-0.05, 0) is 64.7 Å². The minimum Gasteiger partial charge on any atom is -0.494 e. The van der Waals surface area contributed by atoms with Crippen LogP contribution < -0.4 is 25.6 Å². The molecule has 4 N–H and O–H groups in total. The number of aromatic nitrogens is 2. The first kappa shape index (κ1) is 30.4. The van der Waals surface area contributed by atoms with Gasteiger partial charge in [-0.3, -0.25) is 4.79 Å². The Hall–Kier alpha value is -3.57. The SMILES string of the molecule is C=CC(=O)Nc1cc(Nc2nccc(Nc3cc(Cl)c(Cl)cc3C(C)(C)O)n2)c(OC)cc1N1CCC1CN(C)C. The summed E-state index contributed by atoms with van der Waals surface area (Å²) in [6.07, 6.45) is 3.88. The lowest BCUT2D eigenvalue weighted by atomic mass is 9.96. The molecular weight excluding hydrogens is 565 g/mol. The molecule has 1 atom stereocenters. The topological polar surface area (TPSA) is 115 Å². The fraction of sp³-hybridized carbons (Fsp3) is 0.345. The number of benzene rings is 2. The van der Waals surface area contributed by atoms with Crippen LogP contribution in [-0.4, -0.2) is 66.2 Å². The molecule has 0 bridgehead atoms. The van der Waals surface area contributed by atoms with E-state index in [2.05, 4.69) is 42.3 Å². The molecule has 218 valence electrons. The molecule has 1 saturated heterocycles. The number of hydrogen-bond donors (Lipinski definition) is 4. The van der Waals surface area contributed by atoms with Crippen LogP contribution in [0, 0.1) is 0 Å². The van der Waals surface area contributed by atoms with Crippen LogP contribution in [0.15, 0.2) is 49.2 Å². The highest BCUT2D eigenvalue weighted by atomic mass is 35.5. The quantitative estimate of drug-likeness (QED) is 0.204. The molecule has 1 aromatic heterocycles. The van der Waals surface area contributed by atoms with Crippen LogP contribution in [0.2, 0.25) is 10.0 Å². The van der Waals surface area contributed by atoms with Crippen molar-refractivity contribution in [2.75, 3.05) is 55.1 Å². The van der Waals surface area contributed by atoms with E-state index in [0.717, 1.165) is 25.2 Å². The van der Waals surface area contributed by atoms with E-state index < -0.39 is 5.60 Å². The first-order valence-corrected chi connectivity index (χ1v) is 13.8.